The average Bonchev–Trinajstić information content (AvgIpc) is 2.70. The van der Waals surface area contributed by atoms with Crippen LogP contribution in [0.5, 0.6) is 0 Å². The van der Waals surface area contributed by atoms with Crippen LogP contribution >= 0.6 is 0 Å². The molecule has 0 unspecified atom stereocenters. The molecular weight excluding hydrogens is 370 g/mol. The molecular formula is C20H45N7O2. The van der Waals surface area contributed by atoms with Crippen LogP contribution in [0, 0.1) is 0 Å². The monoisotopic (exact) mass is 415 g/mol. The minimum atomic E-state index is -0.543. The summed E-state index contributed by atoms with van der Waals surface area (Å²) in [7, 11) is 7.61. The van der Waals surface area contributed by atoms with Crippen molar-refractivity contribution >= 4 is 11.8 Å². The van der Waals surface area contributed by atoms with E-state index in [9.17, 15) is 9.59 Å². The number of carbonyl (C=O) groups is 2. The number of carbonyl (C=O) groups excluding carboxylic acids is 2. The molecule has 0 bridgehead atoms. The normalized spacial score (nSPS) is 14.2. The summed E-state index contributed by atoms with van der Waals surface area (Å²) in [6, 6.07) is -0.507. The lowest BCUT2D eigenvalue weighted by Gasteiger charge is -2.22. The van der Waals surface area contributed by atoms with E-state index in [0.29, 0.717) is 13.0 Å². The van der Waals surface area contributed by atoms with Gasteiger partial charge in [-0.3, -0.25) is 9.59 Å². The zero-order valence-corrected chi connectivity index (χ0v) is 18.9. The first-order valence-electron chi connectivity index (χ1n) is 10.9. The van der Waals surface area contributed by atoms with Gasteiger partial charge in [0.2, 0.25) is 11.8 Å². The van der Waals surface area contributed by atoms with Crippen molar-refractivity contribution in [3.8, 4) is 0 Å². The maximum Gasteiger partial charge on any atom is 0.237 e. The average molecular weight is 416 g/mol. The Kier molecular flexibility index (Phi) is 17.9. The van der Waals surface area contributed by atoms with E-state index in [0.717, 1.165) is 51.7 Å². The highest BCUT2D eigenvalue weighted by Crippen LogP contribution is 2.04. The maximum absolute atomic E-state index is 12.4. The molecule has 9 nitrogen and oxygen atoms in total. The molecule has 9 heteroatoms. The molecule has 0 aliphatic carbocycles. The second-order valence-electron chi connectivity index (χ2n) is 7.54. The molecule has 0 radical (unpaired) electrons. The third-order valence-corrected chi connectivity index (χ3v) is 4.97. The molecule has 0 rings (SSSR count). The third-order valence-electron chi connectivity index (χ3n) is 4.97. The van der Waals surface area contributed by atoms with E-state index in [-0.39, 0.29) is 30.3 Å². The summed E-state index contributed by atoms with van der Waals surface area (Å²) >= 11 is 0. The van der Waals surface area contributed by atoms with Gasteiger partial charge in [-0.05, 0) is 86.3 Å². The Bertz CT molecular complexity index is 424. The molecule has 2 amide bonds. The number of likely N-dealkylation sites (N-methyl/N-ethyl adjacent to an activating group) is 1. The van der Waals surface area contributed by atoms with E-state index in [2.05, 4.69) is 31.9 Å². The van der Waals surface area contributed by atoms with Crippen molar-refractivity contribution in [2.45, 2.75) is 63.1 Å². The number of amides is 2. The van der Waals surface area contributed by atoms with Crippen molar-refractivity contribution in [2.24, 2.45) is 5.73 Å². The first-order valence-corrected chi connectivity index (χ1v) is 10.9. The molecule has 29 heavy (non-hydrogen) atoms. The fourth-order valence-corrected chi connectivity index (χ4v) is 3.10. The van der Waals surface area contributed by atoms with Crippen LogP contribution in [0.2, 0.25) is 0 Å². The number of hydrogen-bond acceptors (Lipinski definition) is 7. The molecule has 172 valence electrons. The fourth-order valence-electron chi connectivity index (χ4n) is 3.10. The summed E-state index contributed by atoms with van der Waals surface area (Å²) in [5, 5.41) is 18.5. The summed E-state index contributed by atoms with van der Waals surface area (Å²) in [5.74, 6) is -0.221. The van der Waals surface area contributed by atoms with Crippen LogP contribution in [0.4, 0.5) is 0 Å². The van der Waals surface area contributed by atoms with Crippen molar-refractivity contribution < 1.29 is 9.59 Å². The second-order valence-corrected chi connectivity index (χ2v) is 7.54. The van der Waals surface area contributed by atoms with Gasteiger partial charge in [-0.25, -0.2) is 0 Å². The topological polar surface area (TPSA) is 132 Å². The molecule has 0 aliphatic rings. The molecule has 3 atom stereocenters. The van der Waals surface area contributed by atoms with Gasteiger partial charge in [-0.2, -0.15) is 0 Å². The lowest BCUT2D eigenvalue weighted by Crippen LogP contribution is -2.48. The minimum Gasteiger partial charge on any atom is -0.354 e. The summed E-state index contributed by atoms with van der Waals surface area (Å²) in [6.45, 7) is 3.21. The van der Waals surface area contributed by atoms with Gasteiger partial charge >= 0.3 is 0 Å². The molecule has 0 aromatic heterocycles. The Morgan fingerprint density at radius 1 is 0.793 bits per heavy atom. The molecule has 0 aromatic carbocycles. The number of nitrogens with one attached hydrogen (secondary N) is 6. The Balaban J connectivity index is 4.50. The molecule has 0 saturated heterocycles. The van der Waals surface area contributed by atoms with Crippen LogP contribution in [-0.2, 0) is 9.59 Å². The van der Waals surface area contributed by atoms with Crippen LogP contribution in [0.25, 0.3) is 0 Å². The summed E-state index contributed by atoms with van der Waals surface area (Å²) < 4.78 is 0. The van der Waals surface area contributed by atoms with E-state index in [4.69, 9.17) is 5.73 Å². The lowest BCUT2D eigenvalue weighted by molar-refractivity contribution is -0.124. The van der Waals surface area contributed by atoms with E-state index < -0.39 is 6.04 Å². The Hall–Kier alpha value is -1.26. The summed E-state index contributed by atoms with van der Waals surface area (Å²) in [4.78, 5) is 24.8. The largest absolute Gasteiger partial charge is 0.354 e. The Morgan fingerprint density at radius 2 is 1.31 bits per heavy atom. The quantitative estimate of drug-likeness (QED) is 0.133. The Labute approximate surface area is 177 Å². The van der Waals surface area contributed by atoms with Crippen molar-refractivity contribution in [3.63, 3.8) is 0 Å². The minimum absolute atomic E-state index is 0.0441. The van der Waals surface area contributed by atoms with E-state index in [1.165, 1.54) is 0 Å². The van der Waals surface area contributed by atoms with E-state index >= 15 is 0 Å². The van der Waals surface area contributed by atoms with Gasteiger partial charge in [0.25, 0.3) is 0 Å². The molecule has 0 aliphatic heterocycles. The van der Waals surface area contributed by atoms with E-state index in [1.54, 1.807) is 0 Å². The van der Waals surface area contributed by atoms with Gasteiger partial charge in [0.05, 0.1) is 6.04 Å². The summed E-state index contributed by atoms with van der Waals surface area (Å²) in [5.41, 5.74) is 6.00. The predicted octanol–water partition coefficient (Wildman–Crippen LogP) is -1.11. The van der Waals surface area contributed by atoms with Crippen molar-refractivity contribution in [2.75, 3.05) is 54.4 Å². The van der Waals surface area contributed by atoms with Gasteiger partial charge in [-0.15, -0.1) is 0 Å². The van der Waals surface area contributed by atoms with Crippen LogP contribution in [0.3, 0.4) is 0 Å². The Morgan fingerprint density at radius 3 is 1.83 bits per heavy atom. The molecule has 0 heterocycles. The molecule has 0 aromatic rings. The molecule has 0 spiro atoms. The predicted molar refractivity (Wildman–Crippen MR) is 120 cm³/mol. The smallest absolute Gasteiger partial charge is 0.237 e. The van der Waals surface area contributed by atoms with E-state index in [1.807, 2.05) is 28.2 Å². The molecule has 8 N–H and O–H groups in total. The van der Waals surface area contributed by atoms with Gasteiger partial charge < -0.3 is 37.6 Å². The zero-order valence-electron chi connectivity index (χ0n) is 18.9. The van der Waals surface area contributed by atoms with Crippen LogP contribution in [0.15, 0.2) is 0 Å². The maximum atomic E-state index is 12.4. The highest BCUT2D eigenvalue weighted by molar-refractivity contribution is 5.83. The highest BCUT2D eigenvalue weighted by Gasteiger charge is 2.20. The van der Waals surface area contributed by atoms with Gasteiger partial charge in [0, 0.05) is 25.0 Å². The van der Waals surface area contributed by atoms with Crippen molar-refractivity contribution in [1.29, 1.82) is 0 Å². The van der Waals surface area contributed by atoms with Gasteiger partial charge in [0.1, 0.15) is 0 Å². The number of hydrogen-bond donors (Lipinski definition) is 7. The molecule has 0 fully saturated rings. The summed E-state index contributed by atoms with van der Waals surface area (Å²) in [6.07, 6.45) is 5.39. The number of rotatable bonds is 19. The van der Waals surface area contributed by atoms with Gasteiger partial charge in [-0.1, -0.05) is 0 Å². The number of nitrogens with two attached hydrogens (primary N) is 1. The standard InChI is InChI=1S/C20H45N7O2/c1-22-11-5-8-16(27-20(29)18(21)10-7-13-24-3)14-19(28)26-15-17(25-4)9-6-12-23-2/h16-18,22-25H,5-15,21H2,1-4H3,(H,26,28)(H,27,29)/t16-,17-,18-/m0/s1. The lowest BCUT2D eigenvalue weighted by atomic mass is 10.1. The fraction of sp³-hybridized carbons (Fsp3) is 0.900. The SMILES string of the molecule is CNCCC[C@@H](CNC(=O)C[C@H](CCCNC)NC(=O)[C@@H](N)CCCNC)NC. The van der Waals surface area contributed by atoms with Gasteiger partial charge in [0.15, 0.2) is 0 Å². The first kappa shape index (κ1) is 27.7. The van der Waals surface area contributed by atoms with Crippen LogP contribution in [0.1, 0.15) is 44.9 Å². The molecule has 0 saturated carbocycles. The highest BCUT2D eigenvalue weighted by atomic mass is 16.2. The third kappa shape index (κ3) is 15.3. The van der Waals surface area contributed by atoms with Crippen LogP contribution in [-0.4, -0.2) is 84.3 Å². The van der Waals surface area contributed by atoms with Crippen LogP contribution < -0.4 is 37.6 Å². The second kappa shape index (κ2) is 18.7. The van der Waals surface area contributed by atoms with Crippen molar-refractivity contribution in [1.82, 2.24) is 31.9 Å². The van der Waals surface area contributed by atoms with Crippen molar-refractivity contribution in [3.05, 3.63) is 0 Å². The first-order chi connectivity index (χ1) is 14.0. The zero-order chi connectivity index (χ0) is 21.9.